The molecule has 0 saturated carbocycles. The third-order valence-corrected chi connectivity index (χ3v) is 3.56. The number of nitrogen functional groups attached to an aromatic ring is 1. The molecule has 0 aliphatic heterocycles. The number of benzene rings is 2. The zero-order valence-electron chi connectivity index (χ0n) is 12.9. The van der Waals surface area contributed by atoms with E-state index in [0.29, 0.717) is 5.69 Å². The summed E-state index contributed by atoms with van der Waals surface area (Å²) in [6.45, 7) is 4.03. The molecule has 0 amide bonds. The molecule has 3 N–H and O–H groups in total. The summed E-state index contributed by atoms with van der Waals surface area (Å²) in [5.41, 5.74) is 10.5. The molecule has 0 atom stereocenters. The van der Waals surface area contributed by atoms with Crippen molar-refractivity contribution in [3.05, 3.63) is 59.2 Å². The molecule has 3 nitrogen and oxygen atoms in total. The van der Waals surface area contributed by atoms with Crippen molar-refractivity contribution in [2.75, 3.05) is 19.4 Å². The van der Waals surface area contributed by atoms with Gasteiger partial charge in [0.05, 0.1) is 12.8 Å². The Balaban J connectivity index is 1.70. The van der Waals surface area contributed by atoms with Gasteiger partial charge in [-0.1, -0.05) is 35.9 Å². The number of hydrogen-bond acceptors (Lipinski definition) is 3. The molecular formula is C18H24N2O. The zero-order chi connectivity index (χ0) is 15.1. The lowest BCUT2D eigenvalue weighted by Gasteiger charge is -2.08. The first-order chi connectivity index (χ1) is 10.2. The monoisotopic (exact) mass is 284 g/mol. The predicted octanol–water partition coefficient (Wildman–Crippen LogP) is 3.31. The molecule has 21 heavy (non-hydrogen) atoms. The summed E-state index contributed by atoms with van der Waals surface area (Å²) in [5.74, 6) is 0.747. The van der Waals surface area contributed by atoms with Crippen LogP contribution in [0.4, 0.5) is 5.69 Å². The van der Waals surface area contributed by atoms with Crippen LogP contribution in [0.15, 0.2) is 42.5 Å². The highest BCUT2D eigenvalue weighted by molar-refractivity contribution is 5.54. The highest BCUT2D eigenvalue weighted by Crippen LogP contribution is 2.22. The molecule has 0 aliphatic carbocycles. The zero-order valence-corrected chi connectivity index (χ0v) is 12.9. The van der Waals surface area contributed by atoms with Crippen LogP contribution in [-0.4, -0.2) is 13.7 Å². The van der Waals surface area contributed by atoms with E-state index in [-0.39, 0.29) is 0 Å². The van der Waals surface area contributed by atoms with Gasteiger partial charge in [-0.15, -0.1) is 0 Å². The van der Waals surface area contributed by atoms with E-state index in [0.717, 1.165) is 31.7 Å². The van der Waals surface area contributed by atoms with Crippen LogP contribution < -0.4 is 15.8 Å². The first-order valence-corrected chi connectivity index (χ1v) is 7.37. The van der Waals surface area contributed by atoms with Crippen LogP contribution in [0.1, 0.15) is 23.1 Å². The Morgan fingerprint density at radius 2 is 1.76 bits per heavy atom. The molecule has 0 unspecified atom stereocenters. The minimum absolute atomic E-state index is 0.711. The Morgan fingerprint density at radius 1 is 1.05 bits per heavy atom. The van der Waals surface area contributed by atoms with Gasteiger partial charge >= 0.3 is 0 Å². The largest absolute Gasteiger partial charge is 0.495 e. The number of rotatable bonds is 7. The fourth-order valence-corrected chi connectivity index (χ4v) is 2.30. The summed E-state index contributed by atoms with van der Waals surface area (Å²) < 4.78 is 5.16. The van der Waals surface area contributed by atoms with Gasteiger partial charge in [0.15, 0.2) is 0 Å². The Bertz CT molecular complexity index is 564. The van der Waals surface area contributed by atoms with Crippen molar-refractivity contribution in [2.45, 2.75) is 26.3 Å². The predicted molar refractivity (Wildman–Crippen MR) is 88.6 cm³/mol. The van der Waals surface area contributed by atoms with E-state index >= 15 is 0 Å². The quantitative estimate of drug-likeness (QED) is 0.606. The fraction of sp³-hybridized carbons (Fsp3) is 0.333. The summed E-state index contributed by atoms with van der Waals surface area (Å²) in [4.78, 5) is 0. The van der Waals surface area contributed by atoms with E-state index in [4.69, 9.17) is 10.5 Å². The van der Waals surface area contributed by atoms with Crippen LogP contribution in [0.25, 0.3) is 0 Å². The van der Waals surface area contributed by atoms with Gasteiger partial charge in [0.1, 0.15) is 5.75 Å². The number of anilines is 1. The van der Waals surface area contributed by atoms with Gasteiger partial charge in [-0.3, -0.25) is 0 Å². The van der Waals surface area contributed by atoms with E-state index < -0.39 is 0 Å². The van der Waals surface area contributed by atoms with Crippen molar-refractivity contribution >= 4 is 5.69 Å². The Labute approximate surface area is 127 Å². The van der Waals surface area contributed by atoms with Crippen LogP contribution in [0.2, 0.25) is 0 Å². The molecule has 0 saturated heterocycles. The average Bonchev–Trinajstić information content (AvgIpc) is 2.49. The SMILES string of the molecule is COc1ccc(CCCNCc2ccc(C)cc2)cc1N. The molecule has 112 valence electrons. The minimum atomic E-state index is 0.711. The maximum Gasteiger partial charge on any atom is 0.141 e. The Kier molecular flexibility index (Phi) is 5.64. The van der Waals surface area contributed by atoms with Crippen molar-refractivity contribution in [1.82, 2.24) is 5.32 Å². The number of nitrogens with one attached hydrogen (secondary N) is 1. The van der Waals surface area contributed by atoms with Crippen molar-refractivity contribution in [2.24, 2.45) is 0 Å². The van der Waals surface area contributed by atoms with Crippen molar-refractivity contribution in [3.8, 4) is 5.75 Å². The molecule has 0 radical (unpaired) electrons. The van der Waals surface area contributed by atoms with E-state index in [1.54, 1.807) is 7.11 Å². The van der Waals surface area contributed by atoms with Crippen molar-refractivity contribution in [3.63, 3.8) is 0 Å². The molecule has 0 aromatic heterocycles. The molecule has 0 fully saturated rings. The molecule has 0 spiro atoms. The third-order valence-electron chi connectivity index (χ3n) is 3.56. The minimum Gasteiger partial charge on any atom is -0.495 e. The summed E-state index contributed by atoms with van der Waals surface area (Å²) in [5, 5.41) is 3.47. The molecule has 0 aliphatic rings. The number of methoxy groups -OCH3 is 1. The van der Waals surface area contributed by atoms with Crippen LogP contribution in [-0.2, 0) is 13.0 Å². The first kappa shape index (κ1) is 15.4. The Hall–Kier alpha value is -2.00. The van der Waals surface area contributed by atoms with Crippen LogP contribution in [0, 0.1) is 6.92 Å². The molecule has 2 rings (SSSR count). The summed E-state index contributed by atoms with van der Waals surface area (Å²) >= 11 is 0. The molecule has 0 bridgehead atoms. The van der Waals surface area contributed by atoms with Crippen LogP contribution in [0.5, 0.6) is 5.75 Å². The molecule has 0 heterocycles. The van der Waals surface area contributed by atoms with Crippen LogP contribution in [0.3, 0.4) is 0 Å². The number of ether oxygens (including phenoxy) is 1. The van der Waals surface area contributed by atoms with Gasteiger partial charge in [0.2, 0.25) is 0 Å². The highest BCUT2D eigenvalue weighted by atomic mass is 16.5. The van der Waals surface area contributed by atoms with Gasteiger partial charge in [-0.2, -0.15) is 0 Å². The number of nitrogens with two attached hydrogens (primary N) is 1. The number of aryl methyl sites for hydroxylation is 2. The average molecular weight is 284 g/mol. The van der Waals surface area contributed by atoms with E-state index in [1.807, 2.05) is 12.1 Å². The summed E-state index contributed by atoms with van der Waals surface area (Å²) in [6.07, 6.45) is 2.12. The fourth-order valence-electron chi connectivity index (χ4n) is 2.30. The standard InChI is InChI=1S/C18H24N2O/c1-14-5-7-16(8-6-14)13-20-11-3-4-15-9-10-18(21-2)17(19)12-15/h5-10,12,20H,3-4,11,13,19H2,1-2H3. The van der Waals surface area contributed by atoms with E-state index in [1.165, 1.54) is 16.7 Å². The van der Waals surface area contributed by atoms with Gasteiger partial charge in [0, 0.05) is 6.54 Å². The van der Waals surface area contributed by atoms with Gasteiger partial charge in [0.25, 0.3) is 0 Å². The molecular weight excluding hydrogens is 260 g/mol. The molecule has 3 heteroatoms. The first-order valence-electron chi connectivity index (χ1n) is 7.37. The maximum atomic E-state index is 5.91. The smallest absolute Gasteiger partial charge is 0.141 e. The third kappa shape index (κ3) is 4.80. The summed E-state index contributed by atoms with van der Waals surface area (Å²) in [7, 11) is 1.64. The van der Waals surface area contributed by atoms with Gasteiger partial charge in [-0.25, -0.2) is 0 Å². The van der Waals surface area contributed by atoms with Crippen molar-refractivity contribution in [1.29, 1.82) is 0 Å². The summed E-state index contributed by atoms with van der Waals surface area (Å²) in [6, 6.07) is 14.7. The maximum absolute atomic E-state index is 5.91. The van der Waals surface area contributed by atoms with Crippen molar-refractivity contribution < 1.29 is 4.74 Å². The topological polar surface area (TPSA) is 47.3 Å². The second-order valence-electron chi connectivity index (χ2n) is 5.34. The van der Waals surface area contributed by atoms with E-state index in [9.17, 15) is 0 Å². The highest BCUT2D eigenvalue weighted by Gasteiger charge is 2.00. The van der Waals surface area contributed by atoms with E-state index in [2.05, 4.69) is 42.6 Å². The number of hydrogen-bond donors (Lipinski definition) is 2. The Morgan fingerprint density at radius 3 is 2.43 bits per heavy atom. The second kappa shape index (κ2) is 7.70. The molecule has 2 aromatic rings. The lowest BCUT2D eigenvalue weighted by atomic mass is 10.1. The normalized spacial score (nSPS) is 10.6. The lowest BCUT2D eigenvalue weighted by molar-refractivity contribution is 0.417. The molecule has 2 aromatic carbocycles. The van der Waals surface area contributed by atoms with Crippen LogP contribution >= 0.6 is 0 Å². The van der Waals surface area contributed by atoms with Gasteiger partial charge in [-0.05, 0) is 49.6 Å². The second-order valence-corrected chi connectivity index (χ2v) is 5.34. The van der Waals surface area contributed by atoms with Gasteiger partial charge < -0.3 is 15.8 Å². The lowest BCUT2D eigenvalue weighted by Crippen LogP contribution is -2.15.